The van der Waals surface area contributed by atoms with Crippen molar-refractivity contribution in [1.82, 2.24) is 4.90 Å². The van der Waals surface area contributed by atoms with E-state index in [4.69, 9.17) is 15.2 Å². The Bertz CT molecular complexity index is 418. The van der Waals surface area contributed by atoms with Crippen LogP contribution in [0.2, 0.25) is 0 Å². The van der Waals surface area contributed by atoms with Crippen LogP contribution >= 0.6 is 0 Å². The number of carbonyl (C=O) groups excluding carboxylic acids is 1. The van der Waals surface area contributed by atoms with Gasteiger partial charge in [-0.1, -0.05) is 30.3 Å². The largest absolute Gasteiger partial charge is 0.465 e. The number of rotatable bonds is 5. The molecule has 0 radical (unpaired) electrons. The summed E-state index contributed by atoms with van der Waals surface area (Å²) < 4.78 is 10.5. The lowest BCUT2D eigenvalue weighted by molar-refractivity contribution is -0.152. The predicted molar refractivity (Wildman–Crippen MR) is 76.2 cm³/mol. The molecular formula is C15H22N2O3. The third kappa shape index (κ3) is 3.56. The third-order valence-corrected chi connectivity index (χ3v) is 3.49. The second-order valence-corrected chi connectivity index (χ2v) is 4.78. The second-order valence-electron chi connectivity index (χ2n) is 4.78. The van der Waals surface area contributed by atoms with Crippen LogP contribution in [0.25, 0.3) is 0 Å². The van der Waals surface area contributed by atoms with Crippen molar-refractivity contribution in [1.29, 1.82) is 0 Å². The van der Waals surface area contributed by atoms with Gasteiger partial charge in [0.25, 0.3) is 0 Å². The average Bonchev–Trinajstić information content (AvgIpc) is 2.50. The molecule has 2 N–H and O–H groups in total. The normalized spacial score (nSPS) is 19.3. The Labute approximate surface area is 119 Å². The van der Waals surface area contributed by atoms with Gasteiger partial charge in [0.2, 0.25) is 0 Å². The molecule has 1 aliphatic heterocycles. The van der Waals surface area contributed by atoms with Gasteiger partial charge in [0.05, 0.1) is 25.9 Å². The number of nitrogens with two attached hydrogens (primary N) is 1. The average molecular weight is 278 g/mol. The molecule has 1 heterocycles. The van der Waals surface area contributed by atoms with E-state index in [2.05, 4.69) is 4.90 Å². The van der Waals surface area contributed by atoms with Crippen LogP contribution in [-0.4, -0.2) is 49.8 Å². The number of ether oxygens (including phenoxy) is 2. The Kier molecular flexibility index (Phi) is 5.52. The molecule has 0 spiro atoms. The van der Waals surface area contributed by atoms with Crippen molar-refractivity contribution in [2.24, 2.45) is 5.73 Å². The van der Waals surface area contributed by atoms with Crippen LogP contribution < -0.4 is 5.73 Å². The molecule has 5 nitrogen and oxygen atoms in total. The molecule has 0 aromatic heterocycles. The maximum absolute atomic E-state index is 12.3. The number of benzene rings is 1. The Morgan fingerprint density at radius 1 is 1.35 bits per heavy atom. The van der Waals surface area contributed by atoms with Crippen LogP contribution in [-0.2, 0) is 14.3 Å². The first-order valence-electron chi connectivity index (χ1n) is 7.03. The van der Waals surface area contributed by atoms with Crippen molar-refractivity contribution in [3.05, 3.63) is 35.9 Å². The molecule has 20 heavy (non-hydrogen) atoms. The van der Waals surface area contributed by atoms with E-state index in [0.29, 0.717) is 32.9 Å². The van der Waals surface area contributed by atoms with Crippen molar-refractivity contribution in [3.63, 3.8) is 0 Å². The van der Waals surface area contributed by atoms with Crippen molar-refractivity contribution < 1.29 is 14.3 Å². The van der Waals surface area contributed by atoms with Crippen LogP contribution in [0.5, 0.6) is 0 Å². The van der Waals surface area contributed by atoms with Gasteiger partial charge in [-0.25, -0.2) is 0 Å². The standard InChI is InChI=1S/C15H22N2O3/c1-2-20-15(18)14(17-8-10-19-11-9-17)13(16)12-6-4-3-5-7-12/h3-7,13-14H,2,8-11,16H2,1H3/t13-,14-/m0/s1. The minimum Gasteiger partial charge on any atom is -0.465 e. The first-order chi connectivity index (χ1) is 9.74. The molecule has 1 aromatic carbocycles. The summed E-state index contributed by atoms with van der Waals surface area (Å²) in [7, 11) is 0. The predicted octanol–water partition coefficient (Wildman–Crippen LogP) is 0.950. The molecule has 2 atom stereocenters. The number of hydrogen-bond acceptors (Lipinski definition) is 5. The highest BCUT2D eigenvalue weighted by atomic mass is 16.5. The Morgan fingerprint density at radius 2 is 2.00 bits per heavy atom. The molecule has 1 saturated heterocycles. The lowest BCUT2D eigenvalue weighted by Gasteiger charge is -2.36. The molecule has 5 heteroatoms. The maximum Gasteiger partial charge on any atom is 0.325 e. The molecule has 0 amide bonds. The smallest absolute Gasteiger partial charge is 0.325 e. The minimum atomic E-state index is -0.457. The minimum absolute atomic E-state index is 0.259. The topological polar surface area (TPSA) is 64.8 Å². The van der Waals surface area contributed by atoms with Crippen molar-refractivity contribution in [2.45, 2.75) is 19.0 Å². The zero-order valence-electron chi connectivity index (χ0n) is 11.8. The van der Waals surface area contributed by atoms with E-state index in [1.54, 1.807) is 0 Å². The molecule has 2 rings (SSSR count). The maximum atomic E-state index is 12.3. The summed E-state index contributed by atoms with van der Waals surface area (Å²) in [5.74, 6) is -0.259. The van der Waals surface area contributed by atoms with E-state index >= 15 is 0 Å². The molecule has 110 valence electrons. The Balaban J connectivity index is 2.18. The van der Waals surface area contributed by atoms with Gasteiger partial charge in [-0.15, -0.1) is 0 Å². The van der Waals surface area contributed by atoms with E-state index in [-0.39, 0.29) is 5.97 Å². The second kappa shape index (κ2) is 7.38. The van der Waals surface area contributed by atoms with Gasteiger partial charge < -0.3 is 15.2 Å². The SMILES string of the molecule is CCOC(=O)[C@H]([C@@H](N)c1ccccc1)N1CCOCC1. The highest BCUT2D eigenvalue weighted by Crippen LogP contribution is 2.21. The van der Waals surface area contributed by atoms with Gasteiger partial charge in [-0.3, -0.25) is 9.69 Å². The highest BCUT2D eigenvalue weighted by Gasteiger charge is 2.34. The molecule has 0 bridgehead atoms. The summed E-state index contributed by atoms with van der Waals surface area (Å²) in [5.41, 5.74) is 7.26. The highest BCUT2D eigenvalue weighted by molar-refractivity contribution is 5.77. The molecule has 1 aliphatic rings. The van der Waals surface area contributed by atoms with Crippen LogP contribution in [0.1, 0.15) is 18.5 Å². The summed E-state index contributed by atoms with van der Waals surface area (Å²) in [6.07, 6.45) is 0. The van der Waals surface area contributed by atoms with Crippen molar-refractivity contribution in [2.75, 3.05) is 32.9 Å². The lowest BCUT2D eigenvalue weighted by atomic mass is 9.98. The van der Waals surface area contributed by atoms with E-state index in [1.165, 1.54) is 0 Å². The van der Waals surface area contributed by atoms with Crippen molar-refractivity contribution >= 4 is 5.97 Å². The van der Waals surface area contributed by atoms with Crippen LogP contribution in [0.3, 0.4) is 0 Å². The summed E-state index contributed by atoms with van der Waals surface area (Å²) >= 11 is 0. The van der Waals surface area contributed by atoms with E-state index in [9.17, 15) is 4.79 Å². The number of esters is 1. The Morgan fingerprint density at radius 3 is 2.60 bits per heavy atom. The third-order valence-electron chi connectivity index (χ3n) is 3.49. The van der Waals surface area contributed by atoms with Gasteiger partial charge in [-0.2, -0.15) is 0 Å². The monoisotopic (exact) mass is 278 g/mol. The number of nitrogens with zero attached hydrogens (tertiary/aromatic N) is 1. The van der Waals surface area contributed by atoms with E-state index in [0.717, 1.165) is 5.56 Å². The summed E-state index contributed by atoms with van der Waals surface area (Å²) in [5, 5.41) is 0. The quantitative estimate of drug-likeness (QED) is 0.812. The summed E-state index contributed by atoms with van der Waals surface area (Å²) in [6.45, 7) is 4.81. The van der Waals surface area contributed by atoms with Gasteiger partial charge in [-0.05, 0) is 12.5 Å². The molecule has 1 aromatic rings. The first kappa shape index (κ1) is 15.0. The lowest BCUT2D eigenvalue weighted by Crippen LogP contribution is -2.52. The summed E-state index contributed by atoms with van der Waals surface area (Å²) in [6, 6.07) is 8.82. The Hall–Kier alpha value is -1.43. The number of hydrogen-bond donors (Lipinski definition) is 1. The molecule has 1 fully saturated rings. The number of carbonyl (C=O) groups is 1. The van der Waals surface area contributed by atoms with Crippen LogP contribution in [0.4, 0.5) is 0 Å². The van der Waals surface area contributed by atoms with E-state index < -0.39 is 12.1 Å². The fourth-order valence-electron chi connectivity index (χ4n) is 2.46. The van der Waals surface area contributed by atoms with Crippen molar-refractivity contribution in [3.8, 4) is 0 Å². The zero-order valence-corrected chi connectivity index (χ0v) is 11.8. The fraction of sp³-hybridized carbons (Fsp3) is 0.533. The zero-order chi connectivity index (χ0) is 14.4. The molecule has 0 unspecified atom stereocenters. The van der Waals surface area contributed by atoms with Gasteiger partial charge in [0.1, 0.15) is 6.04 Å². The first-order valence-corrected chi connectivity index (χ1v) is 7.03. The molecule has 0 aliphatic carbocycles. The van der Waals surface area contributed by atoms with E-state index in [1.807, 2.05) is 37.3 Å². The summed E-state index contributed by atoms with van der Waals surface area (Å²) in [4.78, 5) is 14.3. The van der Waals surface area contributed by atoms with Gasteiger partial charge >= 0.3 is 5.97 Å². The van der Waals surface area contributed by atoms with Crippen LogP contribution in [0.15, 0.2) is 30.3 Å². The number of morpholine rings is 1. The fourth-order valence-corrected chi connectivity index (χ4v) is 2.46. The van der Waals surface area contributed by atoms with Gasteiger partial charge in [0.15, 0.2) is 0 Å². The van der Waals surface area contributed by atoms with Gasteiger partial charge in [0, 0.05) is 13.1 Å². The van der Waals surface area contributed by atoms with Crippen LogP contribution in [0, 0.1) is 0 Å². The molecule has 0 saturated carbocycles. The molecular weight excluding hydrogens is 256 g/mol.